The fourth-order valence-electron chi connectivity index (χ4n) is 1.38. The molecule has 106 valence electrons. The van der Waals surface area contributed by atoms with Gasteiger partial charge in [-0.25, -0.2) is 9.48 Å². The van der Waals surface area contributed by atoms with Gasteiger partial charge in [0.2, 0.25) is 11.1 Å². The van der Waals surface area contributed by atoms with Crippen molar-refractivity contribution in [3.05, 3.63) is 24.2 Å². The van der Waals surface area contributed by atoms with Crippen LogP contribution in [0.1, 0.15) is 12.2 Å². The average molecular weight is 296 g/mol. The third-order valence-electron chi connectivity index (χ3n) is 2.21. The topological polar surface area (TPSA) is 129 Å². The van der Waals surface area contributed by atoms with Crippen LogP contribution in [0.15, 0.2) is 28.0 Å². The van der Waals surface area contributed by atoms with Crippen molar-refractivity contribution in [1.29, 1.82) is 0 Å². The highest BCUT2D eigenvalue weighted by Crippen LogP contribution is 2.16. The van der Waals surface area contributed by atoms with Crippen molar-refractivity contribution in [1.82, 2.24) is 25.5 Å². The zero-order chi connectivity index (χ0) is 14.4. The van der Waals surface area contributed by atoms with E-state index in [1.54, 1.807) is 17.0 Å². The van der Waals surface area contributed by atoms with Crippen LogP contribution in [0.5, 0.6) is 0 Å². The van der Waals surface area contributed by atoms with Crippen LogP contribution in [0.4, 0.5) is 4.79 Å². The second-order valence-corrected chi connectivity index (χ2v) is 4.77. The fourth-order valence-corrected chi connectivity index (χ4v) is 2.20. The van der Waals surface area contributed by atoms with E-state index in [4.69, 9.17) is 10.2 Å². The first-order valence-electron chi connectivity index (χ1n) is 5.66. The van der Waals surface area contributed by atoms with Gasteiger partial charge in [0.05, 0.1) is 6.26 Å². The van der Waals surface area contributed by atoms with Crippen LogP contribution in [0.2, 0.25) is 0 Å². The maximum absolute atomic E-state index is 11.2. The number of amides is 3. The van der Waals surface area contributed by atoms with Crippen LogP contribution in [0.3, 0.4) is 0 Å². The number of rotatable bonds is 6. The third-order valence-corrected chi connectivity index (χ3v) is 3.17. The molecule has 10 heteroatoms. The second-order valence-electron chi connectivity index (χ2n) is 3.71. The summed E-state index contributed by atoms with van der Waals surface area (Å²) in [5.41, 5.74) is 4.83. The zero-order valence-corrected chi connectivity index (χ0v) is 11.2. The maximum atomic E-state index is 11.2. The summed E-state index contributed by atoms with van der Waals surface area (Å²) in [5.74, 6) is 0.721. The van der Waals surface area contributed by atoms with E-state index in [-0.39, 0.29) is 6.42 Å². The highest BCUT2D eigenvalue weighted by molar-refractivity contribution is 7.99. The summed E-state index contributed by atoms with van der Waals surface area (Å²) in [4.78, 5) is 21.7. The zero-order valence-electron chi connectivity index (χ0n) is 10.4. The molecule has 0 aliphatic rings. The molecular formula is C10H12N6O3S. The quantitative estimate of drug-likeness (QED) is 0.717. The summed E-state index contributed by atoms with van der Waals surface area (Å²) >= 11 is 1.30. The van der Waals surface area contributed by atoms with Crippen LogP contribution in [-0.2, 0) is 11.3 Å². The number of aromatic nitrogens is 4. The molecule has 2 aromatic heterocycles. The summed E-state index contributed by atoms with van der Waals surface area (Å²) in [6, 6.07) is 2.74. The SMILES string of the molecule is NC(=O)NC(=O)CCSc1nnnn1Cc1ccco1. The predicted octanol–water partition coefficient (Wildman–Crippen LogP) is -0.00850. The first-order valence-corrected chi connectivity index (χ1v) is 6.64. The van der Waals surface area contributed by atoms with Crippen LogP contribution >= 0.6 is 11.8 Å². The number of furan rings is 1. The highest BCUT2D eigenvalue weighted by Gasteiger charge is 2.10. The Morgan fingerprint density at radius 1 is 1.50 bits per heavy atom. The number of hydrogen-bond donors (Lipinski definition) is 2. The lowest BCUT2D eigenvalue weighted by atomic mass is 10.4. The Balaban J connectivity index is 1.83. The molecular weight excluding hydrogens is 284 g/mol. The molecule has 0 spiro atoms. The largest absolute Gasteiger partial charge is 0.467 e. The number of nitrogens with two attached hydrogens (primary N) is 1. The van der Waals surface area contributed by atoms with Gasteiger partial charge in [-0.05, 0) is 22.6 Å². The molecule has 0 unspecified atom stereocenters. The van der Waals surface area contributed by atoms with Gasteiger partial charge in [0, 0.05) is 12.2 Å². The van der Waals surface area contributed by atoms with Gasteiger partial charge in [0.1, 0.15) is 12.3 Å². The smallest absolute Gasteiger partial charge is 0.318 e. The van der Waals surface area contributed by atoms with Gasteiger partial charge < -0.3 is 10.2 Å². The molecule has 9 nitrogen and oxygen atoms in total. The first-order chi connectivity index (χ1) is 9.65. The Morgan fingerprint density at radius 3 is 3.05 bits per heavy atom. The number of carbonyl (C=O) groups excluding carboxylic acids is 2. The van der Waals surface area contributed by atoms with Gasteiger partial charge in [0.25, 0.3) is 0 Å². The van der Waals surface area contributed by atoms with Crippen LogP contribution in [0.25, 0.3) is 0 Å². The first kappa shape index (κ1) is 14.1. The van der Waals surface area contributed by atoms with Gasteiger partial charge in [-0.1, -0.05) is 11.8 Å². The van der Waals surface area contributed by atoms with Crippen LogP contribution in [-0.4, -0.2) is 37.9 Å². The normalized spacial score (nSPS) is 10.4. The van der Waals surface area contributed by atoms with Crippen molar-refractivity contribution in [3.8, 4) is 0 Å². The van der Waals surface area contributed by atoms with Gasteiger partial charge in [-0.3, -0.25) is 10.1 Å². The molecule has 2 rings (SSSR count). The molecule has 0 aliphatic carbocycles. The minimum absolute atomic E-state index is 0.140. The number of carbonyl (C=O) groups is 2. The van der Waals surface area contributed by atoms with E-state index in [0.29, 0.717) is 17.5 Å². The summed E-state index contributed by atoms with van der Waals surface area (Å²) in [6.45, 7) is 0.413. The number of hydrogen-bond acceptors (Lipinski definition) is 7. The van der Waals surface area contributed by atoms with Crippen molar-refractivity contribution in [3.63, 3.8) is 0 Å². The molecule has 2 heterocycles. The van der Waals surface area contributed by atoms with E-state index < -0.39 is 11.9 Å². The monoisotopic (exact) mass is 296 g/mol. The van der Waals surface area contributed by atoms with E-state index >= 15 is 0 Å². The van der Waals surface area contributed by atoms with E-state index in [1.165, 1.54) is 11.8 Å². The number of nitrogens with one attached hydrogen (secondary N) is 1. The third kappa shape index (κ3) is 4.09. The van der Waals surface area contributed by atoms with Crippen molar-refractivity contribution in [2.75, 3.05) is 5.75 Å². The lowest BCUT2D eigenvalue weighted by Crippen LogP contribution is -2.35. The molecule has 20 heavy (non-hydrogen) atoms. The Bertz CT molecular complexity index is 582. The maximum Gasteiger partial charge on any atom is 0.318 e. The van der Waals surface area contributed by atoms with E-state index in [2.05, 4.69) is 15.5 Å². The molecule has 0 fully saturated rings. The molecule has 0 atom stereocenters. The second kappa shape index (κ2) is 6.70. The van der Waals surface area contributed by atoms with Crippen molar-refractivity contribution in [2.45, 2.75) is 18.1 Å². The van der Waals surface area contributed by atoms with E-state index in [0.717, 1.165) is 5.76 Å². The molecule has 3 N–H and O–H groups in total. The Kier molecular flexibility index (Phi) is 4.71. The molecule has 0 bridgehead atoms. The van der Waals surface area contributed by atoms with Crippen LogP contribution < -0.4 is 11.1 Å². The standard InChI is InChI=1S/C10H12N6O3S/c11-9(18)12-8(17)3-5-20-10-13-14-15-16(10)6-7-2-1-4-19-7/h1-2,4H,3,5-6H2,(H3,11,12,17,18). The van der Waals surface area contributed by atoms with Gasteiger partial charge >= 0.3 is 6.03 Å². The molecule has 0 saturated carbocycles. The van der Waals surface area contributed by atoms with Crippen LogP contribution in [0, 0.1) is 0 Å². The predicted molar refractivity (Wildman–Crippen MR) is 68.7 cm³/mol. The van der Waals surface area contributed by atoms with Crippen molar-refractivity contribution >= 4 is 23.7 Å². The van der Waals surface area contributed by atoms with Gasteiger partial charge in [-0.15, -0.1) is 5.10 Å². The molecule has 0 radical (unpaired) electrons. The summed E-state index contributed by atoms with van der Waals surface area (Å²) in [6.07, 6.45) is 1.71. The Labute approximate surface area is 117 Å². The average Bonchev–Trinajstić information content (AvgIpc) is 3.01. The summed E-state index contributed by atoms with van der Waals surface area (Å²) in [7, 11) is 0. The minimum atomic E-state index is -0.859. The molecule has 0 aliphatic heterocycles. The minimum Gasteiger partial charge on any atom is -0.467 e. The van der Waals surface area contributed by atoms with Gasteiger partial charge in [-0.2, -0.15) is 0 Å². The number of thioether (sulfide) groups is 1. The lowest BCUT2D eigenvalue weighted by Gasteiger charge is -2.02. The Morgan fingerprint density at radius 2 is 2.35 bits per heavy atom. The number of tetrazole rings is 1. The molecule has 3 amide bonds. The molecule has 2 aromatic rings. The Hall–Kier alpha value is -2.36. The van der Waals surface area contributed by atoms with Crippen molar-refractivity contribution in [2.24, 2.45) is 5.73 Å². The van der Waals surface area contributed by atoms with Gasteiger partial charge in [0.15, 0.2) is 0 Å². The van der Waals surface area contributed by atoms with Crippen molar-refractivity contribution < 1.29 is 14.0 Å². The summed E-state index contributed by atoms with van der Waals surface area (Å²) < 4.78 is 6.77. The number of urea groups is 1. The van der Waals surface area contributed by atoms with E-state index in [9.17, 15) is 9.59 Å². The number of primary amides is 1. The van der Waals surface area contributed by atoms with E-state index in [1.807, 2.05) is 11.4 Å². The molecule has 0 saturated heterocycles. The number of nitrogens with zero attached hydrogens (tertiary/aromatic N) is 4. The fraction of sp³-hybridized carbons (Fsp3) is 0.300. The molecule has 0 aromatic carbocycles. The lowest BCUT2D eigenvalue weighted by molar-refractivity contribution is -0.119. The number of imide groups is 1. The highest BCUT2D eigenvalue weighted by atomic mass is 32.2. The summed E-state index contributed by atoms with van der Waals surface area (Å²) in [5, 5.41) is 13.8.